The molecule has 3 rings (SSSR count). The minimum atomic E-state index is -0.786. The first kappa shape index (κ1) is 28.9. The number of nitrogens with zero attached hydrogens (tertiary/aromatic N) is 4. The number of ether oxygens (including phenoxy) is 2. The van der Waals surface area contributed by atoms with E-state index < -0.39 is 11.7 Å². The summed E-state index contributed by atoms with van der Waals surface area (Å²) < 4.78 is 25.8. The third-order valence-corrected chi connectivity index (χ3v) is 5.87. The molecule has 0 fully saturated rings. The topological polar surface area (TPSA) is 102 Å². The van der Waals surface area contributed by atoms with Crippen LogP contribution < -0.4 is 25.0 Å². The first-order valence-corrected chi connectivity index (χ1v) is 12.7. The Morgan fingerprint density at radius 2 is 1.74 bits per heavy atom. The Kier molecular flexibility index (Phi) is 10.1. The number of carbonyl (C=O) groups excluding carboxylic acids is 1. The quantitative estimate of drug-likeness (QED) is 0.309. The third-order valence-electron chi connectivity index (χ3n) is 5.46. The van der Waals surface area contributed by atoms with Crippen molar-refractivity contribution in [3.8, 4) is 11.5 Å². The van der Waals surface area contributed by atoms with Crippen molar-refractivity contribution in [2.24, 2.45) is 11.8 Å². The predicted octanol–water partition coefficient (Wildman–Crippen LogP) is 5.47. The Hall–Kier alpha value is -3.66. The molecule has 0 atom stereocenters. The molecule has 38 heavy (non-hydrogen) atoms. The number of rotatable bonds is 12. The van der Waals surface area contributed by atoms with Crippen LogP contribution in [0.4, 0.5) is 21.8 Å². The maximum absolute atomic E-state index is 15.0. The van der Waals surface area contributed by atoms with Crippen LogP contribution in [0.2, 0.25) is 5.02 Å². The lowest BCUT2D eigenvalue weighted by molar-refractivity contribution is 0.0958. The fraction of sp³-hybridized carbons (Fsp3) is 0.407. The lowest BCUT2D eigenvalue weighted by Gasteiger charge is -2.27. The summed E-state index contributed by atoms with van der Waals surface area (Å²) in [4.78, 5) is 27.5. The molecule has 2 N–H and O–H groups in total. The Balaban J connectivity index is 1.67. The van der Waals surface area contributed by atoms with E-state index in [0.29, 0.717) is 23.5 Å². The number of pyridine rings is 1. The zero-order valence-corrected chi connectivity index (χ0v) is 23.3. The molecule has 1 amide bonds. The van der Waals surface area contributed by atoms with Gasteiger partial charge in [-0.3, -0.25) is 4.79 Å². The summed E-state index contributed by atoms with van der Waals surface area (Å²) in [6.07, 6.45) is 4.65. The van der Waals surface area contributed by atoms with E-state index in [9.17, 15) is 9.18 Å². The van der Waals surface area contributed by atoms with Crippen LogP contribution >= 0.6 is 11.6 Å². The summed E-state index contributed by atoms with van der Waals surface area (Å²) in [7, 11) is 2.79. The number of methoxy groups -OCH3 is 1. The SMILES string of the molecule is CNC(=O)c1cc(OC)c(Cl)c(COc2cnc(Nc3ccc(N(CC(C)C)CC(C)C)nc3)nc2)c1F. The molecule has 0 unspecified atom stereocenters. The summed E-state index contributed by atoms with van der Waals surface area (Å²) >= 11 is 6.27. The van der Waals surface area contributed by atoms with Gasteiger partial charge >= 0.3 is 0 Å². The highest BCUT2D eigenvalue weighted by atomic mass is 35.5. The average Bonchev–Trinajstić information content (AvgIpc) is 2.89. The van der Waals surface area contributed by atoms with Crippen molar-refractivity contribution < 1.29 is 18.7 Å². The van der Waals surface area contributed by atoms with E-state index in [0.717, 1.165) is 24.6 Å². The van der Waals surface area contributed by atoms with E-state index in [-0.39, 0.29) is 28.5 Å². The Morgan fingerprint density at radius 1 is 1.08 bits per heavy atom. The van der Waals surface area contributed by atoms with Crippen LogP contribution in [0.3, 0.4) is 0 Å². The molecule has 2 aromatic heterocycles. The molecule has 11 heteroatoms. The third kappa shape index (κ3) is 7.44. The van der Waals surface area contributed by atoms with Gasteiger partial charge in [0.05, 0.1) is 42.0 Å². The fourth-order valence-corrected chi connectivity index (χ4v) is 4.04. The van der Waals surface area contributed by atoms with Gasteiger partial charge in [0, 0.05) is 25.7 Å². The molecule has 0 saturated heterocycles. The van der Waals surface area contributed by atoms with E-state index in [1.54, 1.807) is 6.20 Å². The second-order valence-corrected chi connectivity index (χ2v) is 9.94. The number of amides is 1. The van der Waals surface area contributed by atoms with Gasteiger partial charge < -0.3 is 25.0 Å². The van der Waals surface area contributed by atoms with Gasteiger partial charge in [-0.05, 0) is 30.0 Å². The van der Waals surface area contributed by atoms with Crippen molar-refractivity contribution >= 4 is 35.0 Å². The van der Waals surface area contributed by atoms with Crippen LogP contribution in [0.25, 0.3) is 0 Å². The van der Waals surface area contributed by atoms with Gasteiger partial charge in [-0.2, -0.15) is 0 Å². The zero-order chi connectivity index (χ0) is 27.8. The normalized spacial score (nSPS) is 11.0. The molecular formula is C27H34ClFN6O3. The van der Waals surface area contributed by atoms with Gasteiger partial charge in [0.1, 0.15) is 24.0 Å². The van der Waals surface area contributed by atoms with Crippen LogP contribution in [0, 0.1) is 17.7 Å². The van der Waals surface area contributed by atoms with Crippen molar-refractivity contribution in [1.82, 2.24) is 20.3 Å². The highest BCUT2D eigenvalue weighted by Gasteiger charge is 2.22. The van der Waals surface area contributed by atoms with E-state index in [2.05, 4.69) is 58.2 Å². The highest BCUT2D eigenvalue weighted by molar-refractivity contribution is 6.33. The number of benzene rings is 1. The van der Waals surface area contributed by atoms with Gasteiger partial charge in [-0.25, -0.2) is 19.3 Å². The number of nitrogens with one attached hydrogen (secondary N) is 2. The van der Waals surface area contributed by atoms with Crippen molar-refractivity contribution in [3.63, 3.8) is 0 Å². The number of hydrogen-bond donors (Lipinski definition) is 2. The number of aromatic nitrogens is 3. The highest BCUT2D eigenvalue weighted by Crippen LogP contribution is 2.33. The first-order valence-electron chi connectivity index (χ1n) is 12.3. The lowest BCUT2D eigenvalue weighted by Crippen LogP contribution is -2.31. The molecule has 0 aliphatic carbocycles. The van der Waals surface area contributed by atoms with Gasteiger partial charge in [0.25, 0.3) is 5.91 Å². The molecule has 0 aliphatic rings. The monoisotopic (exact) mass is 544 g/mol. The largest absolute Gasteiger partial charge is 0.495 e. The minimum Gasteiger partial charge on any atom is -0.495 e. The molecular weight excluding hydrogens is 511 g/mol. The fourth-order valence-electron chi connectivity index (χ4n) is 3.77. The molecule has 2 heterocycles. The molecule has 0 radical (unpaired) electrons. The number of hydrogen-bond acceptors (Lipinski definition) is 8. The lowest BCUT2D eigenvalue weighted by atomic mass is 10.1. The summed E-state index contributed by atoms with van der Waals surface area (Å²) in [6.45, 7) is 10.4. The van der Waals surface area contributed by atoms with Crippen LogP contribution in [0.15, 0.2) is 36.8 Å². The van der Waals surface area contributed by atoms with Gasteiger partial charge in [0.2, 0.25) is 5.95 Å². The van der Waals surface area contributed by atoms with Crippen molar-refractivity contribution in [2.45, 2.75) is 34.3 Å². The maximum atomic E-state index is 15.0. The summed E-state index contributed by atoms with van der Waals surface area (Å²) in [6, 6.07) is 5.16. The minimum absolute atomic E-state index is 0.0121. The molecule has 204 valence electrons. The second kappa shape index (κ2) is 13.2. The van der Waals surface area contributed by atoms with Crippen LogP contribution in [0.5, 0.6) is 11.5 Å². The Labute approximate surface area is 227 Å². The van der Waals surface area contributed by atoms with E-state index in [4.69, 9.17) is 21.1 Å². The summed E-state index contributed by atoms with van der Waals surface area (Å²) in [5.41, 5.74) is 0.532. The van der Waals surface area contributed by atoms with Crippen LogP contribution in [-0.4, -0.2) is 48.1 Å². The maximum Gasteiger partial charge on any atom is 0.254 e. The van der Waals surface area contributed by atoms with Gasteiger partial charge in [-0.1, -0.05) is 39.3 Å². The zero-order valence-electron chi connectivity index (χ0n) is 22.5. The second-order valence-electron chi connectivity index (χ2n) is 9.57. The van der Waals surface area contributed by atoms with Crippen LogP contribution in [-0.2, 0) is 6.61 Å². The predicted molar refractivity (Wildman–Crippen MR) is 147 cm³/mol. The van der Waals surface area contributed by atoms with Crippen LogP contribution in [0.1, 0.15) is 43.6 Å². The molecule has 0 saturated carbocycles. The molecule has 0 spiro atoms. The number of halogens is 2. The van der Waals surface area contributed by atoms with E-state index >= 15 is 0 Å². The van der Waals surface area contributed by atoms with Gasteiger partial charge in [0.15, 0.2) is 5.75 Å². The standard InChI is InChI=1S/C27H34ClFN6O3/c1-16(2)13-35(14-17(3)4)23-8-7-18(10-31-23)34-27-32-11-19(12-33-27)38-15-21-24(28)22(37-6)9-20(25(21)29)26(36)30-5/h7-12,16-17H,13-15H2,1-6H3,(H,30,36)(H,32,33,34). The van der Waals surface area contributed by atoms with Crippen molar-refractivity contribution in [1.29, 1.82) is 0 Å². The van der Waals surface area contributed by atoms with Gasteiger partial charge in [-0.15, -0.1) is 0 Å². The molecule has 0 aliphatic heterocycles. The molecule has 9 nitrogen and oxygen atoms in total. The molecule has 3 aromatic rings. The molecule has 1 aromatic carbocycles. The number of carbonyl (C=O) groups is 1. The van der Waals surface area contributed by atoms with Crippen molar-refractivity contribution in [2.75, 3.05) is 37.5 Å². The summed E-state index contributed by atoms with van der Waals surface area (Å²) in [5, 5.41) is 5.52. The van der Waals surface area contributed by atoms with E-state index in [1.807, 2.05) is 12.1 Å². The molecule has 0 bridgehead atoms. The van der Waals surface area contributed by atoms with Crippen molar-refractivity contribution in [3.05, 3.63) is 58.8 Å². The first-order chi connectivity index (χ1) is 18.1. The number of anilines is 3. The summed E-state index contributed by atoms with van der Waals surface area (Å²) in [5.74, 6) is 1.39. The average molecular weight is 545 g/mol. The Bertz CT molecular complexity index is 1210. The Morgan fingerprint density at radius 3 is 2.26 bits per heavy atom. The smallest absolute Gasteiger partial charge is 0.254 e. The van der Waals surface area contributed by atoms with E-state index in [1.165, 1.54) is 32.6 Å².